The Bertz CT molecular complexity index is 351. The third-order valence-electron chi connectivity index (χ3n) is 2.46. The van der Waals surface area contributed by atoms with Crippen molar-refractivity contribution in [2.75, 3.05) is 17.7 Å². The third-order valence-corrected chi connectivity index (χ3v) is 2.46. The monoisotopic (exact) mass is 207 g/mol. The van der Waals surface area contributed by atoms with E-state index in [9.17, 15) is 4.79 Å². The van der Waals surface area contributed by atoms with E-state index in [2.05, 4.69) is 0 Å². The number of nitrogens with two attached hydrogens (primary N) is 2. The number of hydrogen-bond donors (Lipinski definition) is 2. The fourth-order valence-electron chi connectivity index (χ4n) is 1.59. The second kappa shape index (κ2) is 4.68. The first-order valence-electron chi connectivity index (χ1n) is 4.94. The molecule has 0 aliphatic carbocycles. The van der Waals surface area contributed by atoms with Crippen LogP contribution in [0.4, 0.5) is 11.4 Å². The number of primary amides is 1. The zero-order valence-electron chi connectivity index (χ0n) is 9.10. The van der Waals surface area contributed by atoms with Gasteiger partial charge in [-0.25, -0.2) is 0 Å². The summed E-state index contributed by atoms with van der Waals surface area (Å²) in [6.07, 6.45) is 0.681. The zero-order chi connectivity index (χ0) is 11.4. The second-order valence-electron chi connectivity index (χ2n) is 3.53. The van der Waals surface area contributed by atoms with Gasteiger partial charge in [0.1, 0.15) is 6.04 Å². The van der Waals surface area contributed by atoms with Gasteiger partial charge in [0.25, 0.3) is 0 Å². The third kappa shape index (κ3) is 2.62. The van der Waals surface area contributed by atoms with Gasteiger partial charge < -0.3 is 16.4 Å². The van der Waals surface area contributed by atoms with E-state index in [0.717, 1.165) is 5.69 Å². The van der Waals surface area contributed by atoms with Crippen molar-refractivity contribution in [2.45, 2.75) is 19.4 Å². The molecule has 0 radical (unpaired) electrons. The Morgan fingerprint density at radius 1 is 1.53 bits per heavy atom. The molecule has 0 aromatic heterocycles. The first-order valence-corrected chi connectivity index (χ1v) is 4.94. The predicted molar refractivity (Wildman–Crippen MR) is 62.5 cm³/mol. The highest BCUT2D eigenvalue weighted by Gasteiger charge is 2.18. The van der Waals surface area contributed by atoms with Gasteiger partial charge in [-0.3, -0.25) is 4.79 Å². The Hall–Kier alpha value is -1.71. The molecule has 0 saturated heterocycles. The zero-order valence-corrected chi connectivity index (χ0v) is 9.10. The summed E-state index contributed by atoms with van der Waals surface area (Å²) in [4.78, 5) is 13.0. The Balaban J connectivity index is 2.92. The van der Waals surface area contributed by atoms with Crippen molar-refractivity contribution in [1.29, 1.82) is 0 Å². The van der Waals surface area contributed by atoms with E-state index in [1.165, 1.54) is 0 Å². The van der Waals surface area contributed by atoms with E-state index in [-0.39, 0.29) is 11.9 Å². The maximum Gasteiger partial charge on any atom is 0.240 e. The molecule has 1 atom stereocenters. The van der Waals surface area contributed by atoms with Gasteiger partial charge in [-0.15, -0.1) is 0 Å². The normalized spacial score (nSPS) is 12.1. The van der Waals surface area contributed by atoms with Gasteiger partial charge in [0.15, 0.2) is 0 Å². The number of carbonyl (C=O) groups is 1. The minimum atomic E-state index is -0.317. The highest BCUT2D eigenvalue weighted by molar-refractivity contribution is 5.83. The molecular formula is C11H17N3O. The summed E-state index contributed by atoms with van der Waals surface area (Å²) in [5, 5.41) is 0. The molecule has 1 amide bonds. The molecule has 82 valence electrons. The van der Waals surface area contributed by atoms with Crippen molar-refractivity contribution in [2.24, 2.45) is 5.73 Å². The van der Waals surface area contributed by atoms with Crippen LogP contribution in [-0.4, -0.2) is 19.0 Å². The van der Waals surface area contributed by atoms with Crippen LogP contribution in [0.5, 0.6) is 0 Å². The second-order valence-corrected chi connectivity index (χ2v) is 3.53. The van der Waals surface area contributed by atoms with E-state index < -0.39 is 0 Å². The summed E-state index contributed by atoms with van der Waals surface area (Å²) in [7, 11) is 1.84. The smallest absolute Gasteiger partial charge is 0.240 e. The van der Waals surface area contributed by atoms with Gasteiger partial charge in [-0.2, -0.15) is 0 Å². The lowest BCUT2D eigenvalue weighted by molar-refractivity contribution is -0.119. The van der Waals surface area contributed by atoms with Crippen LogP contribution < -0.4 is 16.4 Å². The molecule has 15 heavy (non-hydrogen) atoms. The first-order chi connectivity index (χ1) is 7.06. The van der Waals surface area contributed by atoms with Gasteiger partial charge in [0.05, 0.1) is 0 Å². The number of amides is 1. The van der Waals surface area contributed by atoms with Crippen molar-refractivity contribution < 1.29 is 4.79 Å². The van der Waals surface area contributed by atoms with Crippen molar-refractivity contribution in [3.05, 3.63) is 24.3 Å². The minimum absolute atomic E-state index is 0.285. The maximum absolute atomic E-state index is 11.2. The first kappa shape index (κ1) is 11.4. The number of carbonyl (C=O) groups excluding carboxylic acids is 1. The molecule has 0 aliphatic heterocycles. The number of anilines is 2. The molecule has 1 rings (SSSR count). The van der Waals surface area contributed by atoms with Gasteiger partial charge in [-0.1, -0.05) is 13.0 Å². The van der Waals surface area contributed by atoms with Gasteiger partial charge in [0.2, 0.25) is 5.91 Å². The van der Waals surface area contributed by atoms with Crippen LogP contribution in [0.25, 0.3) is 0 Å². The van der Waals surface area contributed by atoms with E-state index in [4.69, 9.17) is 11.5 Å². The molecule has 0 fully saturated rings. The van der Waals surface area contributed by atoms with Gasteiger partial charge in [0, 0.05) is 18.4 Å². The molecular weight excluding hydrogens is 190 g/mol. The molecule has 0 aliphatic rings. The quantitative estimate of drug-likeness (QED) is 0.722. The van der Waals surface area contributed by atoms with Gasteiger partial charge >= 0.3 is 0 Å². The molecule has 0 heterocycles. The van der Waals surface area contributed by atoms with Crippen LogP contribution in [-0.2, 0) is 4.79 Å². The van der Waals surface area contributed by atoms with E-state index in [1.807, 2.05) is 43.1 Å². The number of hydrogen-bond acceptors (Lipinski definition) is 3. The summed E-state index contributed by atoms with van der Waals surface area (Å²) in [5.41, 5.74) is 12.6. The predicted octanol–water partition coefficient (Wildman–Crippen LogP) is 0.969. The molecule has 0 spiro atoms. The fourth-order valence-corrected chi connectivity index (χ4v) is 1.59. The summed E-state index contributed by atoms with van der Waals surface area (Å²) in [6, 6.07) is 7.11. The highest BCUT2D eigenvalue weighted by atomic mass is 16.1. The summed E-state index contributed by atoms with van der Waals surface area (Å²) in [5.74, 6) is -0.317. The number of rotatable bonds is 4. The van der Waals surface area contributed by atoms with Gasteiger partial charge in [-0.05, 0) is 24.6 Å². The number of nitrogen functional groups attached to an aromatic ring is 1. The van der Waals surface area contributed by atoms with Crippen molar-refractivity contribution in [3.8, 4) is 0 Å². The van der Waals surface area contributed by atoms with Crippen LogP contribution in [0.3, 0.4) is 0 Å². The number of benzene rings is 1. The molecule has 1 unspecified atom stereocenters. The Labute approximate surface area is 89.9 Å². The standard InChI is InChI=1S/C11H17N3O/c1-3-10(11(13)15)14(2)9-6-4-5-8(12)7-9/h4-7,10H,3,12H2,1-2H3,(H2,13,15). The Morgan fingerprint density at radius 2 is 2.20 bits per heavy atom. The van der Waals surface area contributed by atoms with Crippen LogP contribution in [0.1, 0.15) is 13.3 Å². The molecule has 0 bridgehead atoms. The highest BCUT2D eigenvalue weighted by Crippen LogP contribution is 2.19. The molecule has 1 aromatic rings. The molecule has 4 N–H and O–H groups in total. The van der Waals surface area contributed by atoms with Crippen molar-refractivity contribution >= 4 is 17.3 Å². The number of likely N-dealkylation sites (N-methyl/N-ethyl adjacent to an activating group) is 1. The van der Waals surface area contributed by atoms with E-state index in [1.54, 1.807) is 0 Å². The maximum atomic E-state index is 11.2. The summed E-state index contributed by atoms with van der Waals surface area (Å²) in [6.45, 7) is 1.93. The SMILES string of the molecule is CCC(C(N)=O)N(C)c1cccc(N)c1. The summed E-state index contributed by atoms with van der Waals surface area (Å²) >= 11 is 0. The lowest BCUT2D eigenvalue weighted by Crippen LogP contribution is -2.42. The average molecular weight is 207 g/mol. The molecule has 4 nitrogen and oxygen atoms in total. The van der Waals surface area contributed by atoms with E-state index >= 15 is 0 Å². The average Bonchev–Trinajstić information content (AvgIpc) is 2.18. The van der Waals surface area contributed by atoms with Crippen molar-refractivity contribution in [3.63, 3.8) is 0 Å². The Morgan fingerprint density at radius 3 is 2.67 bits per heavy atom. The lowest BCUT2D eigenvalue weighted by Gasteiger charge is -2.26. The number of nitrogens with zero attached hydrogens (tertiary/aromatic N) is 1. The molecule has 0 saturated carbocycles. The molecule has 4 heteroatoms. The van der Waals surface area contributed by atoms with Crippen LogP contribution in [0.2, 0.25) is 0 Å². The fraction of sp³-hybridized carbons (Fsp3) is 0.364. The Kier molecular flexibility index (Phi) is 3.55. The van der Waals surface area contributed by atoms with E-state index in [0.29, 0.717) is 12.1 Å². The van der Waals surface area contributed by atoms with Crippen LogP contribution in [0.15, 0.2) is 24.3 Å². The topological polar surface area (TPSA) is 72.4 Å². The van der Waals surface area contributed by atoms with Crippen molar-refractivity contribution in [1.82, 2.24) is 0 Å². The lowest BCUT2D eigenvalue weighted by atomic mass is 10.1. The summed E-state index contributed by atoms with van der Waals surface area (Å²) < 4.78 is 0. The minimum Gasteiger partial charge on any atom is -0.399 e. The van der Waals surface area contributed by atoms with Crippen LogP contribution in [0, 0.1) is 0 Å². The molecule has 1 aromatic carbocycles. The largest absolute Gasteiger partial charge is 0.399 e. The van der Waals surface area contributed by atoms with Crippen LogP contribution >= 0.6 is 0 Å².